The molecule has 5 aliphatic rings. The Hall–Kier alpha value is -1.18. The number of ether oxygens (including phenoxy) is 1. The molecule has 1 unspecified atom stereocenters. The zero-order valence-corrected chi connectivity index (χ0v) is 24.2. The van der Waals surface area contributed by atoms with Gasteiger partial charge in [0.2, 0.25) is 5.28 Å². The van der Waals surface area contributed by atoms with Crippen LogP contribution in [0.25, 0.3) is 11.2 Å². The van der Waals surface area contributed by atoms with Crippen molar-refractivity contribution >= 4 is 43.8 Å². The van der Waals surface area contributed by atoms with E-state index in [1.54, 1.807) is 0 Å². The lowest BCUT2D eigenvalue weighted by atomic mass is 9.49. The van der Waals surface area contributed by atoms with Crippen LogP contribution in [0.5, 0.6) is 0 Å². The highest BCUT2D eigenvalue weighted by Crippen LogP contribution is 2.61. The lowest BCUT2D eigenvalue weighted by Crippen LogP contribution is -2.46. The van der Waals surface area contributed by atoms with Crippen molar-refractivity contribution in [3.05, 3.63) is 11.6 Å². The molecule has 5 fully saturated rings. The molecule has 5 atom stereocenters. The Labute approximate surface area is 235 Å². The summed E-state index contributed by atoms with van der Waals surface area (Å²) in [5.74, 6) is 1.65. The smallest absolute Gasteiger partial charge is 0.340 e. The molecule has 14 nitrogen and oxygen atoms in total. The molecule has 2 aromatic heterocycles. The topological polar surface area (TPSA) is 209 Å². The number of aliphatic hydroxyl groups is 2. The van der Waals surface area contributed by atoms with E-state index in [-0.39, 0.29) is 10.9 Å². The summed E-state index contributed by atoms with van der Waals surface area (Å²) < 4.78 is 34.9. The van der Waals surface area contributed by atoms with Crippen LogP contribution < -0.4 is 5.32 Å². The van der Waals surface area contributed by atoms with Crippen molar-refractivity contribution in [2.24, 2.45) is 23.2 Å². The summed E-state index contributed by atoms with van der Waals surface area (Å²) in [6, 6.07) is 0. The summed E-state index contributed by atoms with van der Waals surface area (Å²) in [6.45, 7) is 0.0139. The number of nitrogens with zero attached hydrogens (tertiary/aromatic N) is 4. The summed E-state index contributed by atoms with van der Waals surface area (Å²) >= 11 is 6.24. The average molecular weight is 622 g/mol. The first-order valence-electron chi connectivity index (χ1n) is 13.5. The molecule has 40 heavy (non-hydrogen) atoms. The fraction of sp³-hybridized carbons (Fsp3) is 0.783. The second kappa shape index (κ2) is 10.5. The van der Waals surface area contributed by atoms with E-state index < -0.39 is 52.2 Å². The van der Waals surface area contributed by atoms with Gasteiger partial charge in [0.25, 0.3) is 0 Å². The normalized spacial score (nSPS) is 36.8. The zero-order valence-electron chi connectivity index (χ0n) is 21.6. The maximum Gasteiger partial charge on any atom is 0.340 e. The van der Waals surface area contributed by atoms with Crippen LogP contribution in [0.15, 0.2) is 6.33 Å². The Morgan fingerprint density at radius 3 is 2.35 bits per heavy atom. The highest BCUT2D eigenvalue weighted by molar-refractivity contribution is 7.70. The van der Waals surface area contributed by atoms with E-state index >= 15 is 0 Å². The summed E-state index contributed by atoms with van der Waals surface area (Å²) in [4.78, 5) is 40.6. The van der Waals surface area contributed by atoms with Crippen LogP contribution in [-0.2, 0) is 18.4 Å². The van der Waals surface area contributed by atoms with Crippen LogP contribution in [0.3, 0.4) is 0 Å². The van der Waals surface area contributed by atoms with E-state index in [1.807, 2.05) is 0 Å². The molecule has 4 aliphatic carbocycles. The van der Waals surface area contributed by atoms with E-state index in [4.69, 9.17) is 30.6 Å². The van der Waals surface area contributed by atoms with Gasteiger partial charge in [-0.2, -0.15) is 9.97 Å². The van der Waals surface area contributed by atoms with Gasteiger partial charge in [0.1, 0.15) is 18.3 Å². The van der Waals surface area contributed by atoms with E-state index in [9.17, 15) is 24.2 Å². The van der Waals surface area contributed by atoms with Gasteiger partial charge in [-0.15, -0.1) is 0 Å². The number of hydrogen-bond acceptors (Lipinski definition) is 10. The van der Waals surface area contributed by atoms with E-state index in [0.717, 1.165) is 24.2 Å². The Bertz CT molecular complexity index is 1340. The molecule has 0 aromatic carbocycles. The number of nitrogens with one attached hydrogen (secondary N) is 1. The van der Waals surface area contributed by atoms with Gasteiger partial charge in [-0.05, 0) is 79.7 Å². The number of imidazole rings is 1. The molecule has 4 bridgehead atoms. The van der Waals surface area contributed by atoms with Crippen molar-refractivity contribution in [2.45, 2.75) is 69.5 Å². The third-order valence-electron chi connectivity index (χ3n) is 8.92. The second-order valence-electron chi connectivity index (χ2n) is 12.0. The molecule has 0 radical (unpaired) electrons. The minimum atomic E-state index is -4.82. The van der Waals surface area contributed by atoms with Crippen LogP contribution in [0.2, 0.25) is 5.28 Å². The Morgan fingerprint density at radius 1 is 1.07 bits per heavy atom. The van der Waals surface area contributed by atoms with Crippen LogP contribution >= 0.6 is 26.8 Å². The number of fused-ring (bicyclic) bond motifs is 1. The lowest BCUT2D eigenvalue weighted by molar-refractivity contribution is -0.0552. The monoisotopic (exact) mass is 621 g/mol. The number of halogens is 1. The molecule has 4 saturated carbocycles. The van der Waals surface area contributed by atoms with Gasteiger partial charge >= 0.3 is 15.2 Å². The second-order valence-corrected chi connectivity index (χ2v) is 16.4. The fourth-order valence-electron chi connectivity index (χ4n) is 7.80. The maximum absolute atomic E-state index is 12.0. The van der Waals surface area contributed by atoms with Gasteiger partial charge in [0.15, 0.2) is 29.1 Å². The Morgan fingerprint density at radius 2 is 1.73 bits per heavy atom. The van der Waals surface area contributed by atoms with Crippen molar-refractivity contribution in [1.29, 1.82) is 0 Å². The van der Waals surface area contributed by atoms with Gasteiger partial charge in [0, 0.05) is 6.54 Å². The van der Waals surface area contributed by atoms with Crippen LogP contribution in [0.1, 0.15) is 51.2 Å². The molecule has 3 heterocycles. The largest absolute Gasteiger partial charge is 0.387 e. The molecule has 2 aromatic rings. The molecular weight excluding hydrogens is 588 g/mol. The number of hydrogen-bond donors (Lipinski definition) is 6. The summed E-state index contributed by atoms with van der Waals surface area (Å²) in [5, 5.41) is 24.5. The highest BCUT2D eigenvalue weighted by Gasteiger charge is 2.50. The number of aromatic nitrogens is 4. The zero-order chi connectivity index (χ0) is 28.4. The van der Waals surface area contributed by atoms with Crippen molar-refractivity contribution in [1.82, 2.24) is 19.5 Å². The third-order valence-corrected chi connectivity index (χ3v) is 12.5. The standard InChI is InChI=1S/C23H34ClN5O9P2/c24-22-27-19(25-2-1-23-6-12-3-13(7-23)5-14(4-12)8-23)16-20(28-22)29(10-26-16)21-18(31)17(30)15(38-21)9-37-40(35,36)11-39(32,33)34/h10,12-15,17-18,21,30-31H,1-9,11H2,(H,35,36)(H,25,27,28)(H2,32,33,34)/t12?,13?,14?,15-,17+,18+,21-,23?/m1/s1. The fourth-order valence-corrected chi connectivity index (χ4v) is 10.5. The van der Waals surface area contributed by atoms with Crippen molar-refractivity contribution in [2.75, 3.05) is 24.4 Å². The SMILES string of the molecule is O=P(O)(O)CP(=O)(O)OC[C@H]1O[C@@H](n2cnc3c(NCCC45CC6CC(CC(C6)C4)C5)nc(Cl)nc32)[C@@H](O)[C@H]1O. The van der Waals surface area contributed by atoms with Crippen LogP contribution in [0, 0.1) is 23.2 Å². The minimum absolute atomic E-state index is 0.0434. The summed E-state index contributed by atoms with van der Waals surface area (Å²) in [6.07, 6.45) is 4.95. The molecule has 17 heteroatoms. The quantitative estimate of drug-likeness (QED) is 0.166. The third kappa shape index (κ3) is 5.86. The molecule has 7 rings (SSSR count). The maximum atomic E-state index is 12.0. The molecule has 1 saturated heterocycles. The first kappa shape index (κ1) is 28.9. The Kier molecular flexibility index (Phi) is 7.60. The van der Waals surface area contributed by atoms with Gasteiger partial charge < -0.3 is 39.5 Å². The lowest BCUT2D eigenvalue weighted by Gasteiger charge is -2.57. The Balaban J connectivity index is 1.14. The first-order valence-corrected chi connectivity index (χ1v) is 17.4. The van der Waals surface area contributed by atoms with Gasteiger partial charge in [-0.1, -0.05) is 0 Å². The number of aliphatic hydroxyl groups excluding tert-OH is 2. The average Bonchev–Trinajstić information content (AvgIpc) is 3.36. The minimum Gasteiger partial charge on any atom is -0.387 e. The van der Waals surface area contributed by atoms with Gasteiger partial charge in [0.05, 0.1) is 12.9 Å². The molecule has 6 N–H and O–H groups in total. The van der Waals surface area contributed by atoms with Crippen molar-refractivity contribution in [3.8, 4) is 0 Å². The molecule has 1 aliphatic heterocycles. The summed E-state index contributed by atoms with van der Waals surface area (Å²) in [5.41, 5.74) is 1.04. The first-order chi connectivity index (χ1) is 18.8. The van der Waals surface area contributed by atoms with Crippen molar-refractivity contribution < 1.29 is 43.3 Å². The molecule has 0 spiro atoms. The highest BCUT2D eigenvalue weighted by atomic mass is 35.5. The van der Waals surface area contributed by atoms with E-state index in [2.05, 4.69) is 20.3 Å². The van der Waals surface area contributed by atoms with E-state index in [1.165, 1.54) is 49.4 Å². The van der Waals surface area contributed by atoms with Crippen LogP contribution in [-0.4, -0.2) is 81.8 Å². The van der Waals surface area contributed by atoms with Gasteiger partial charge in [-0.25, -0.2) is 4.98 Å². The summed E-state index contributed by atoms with van der Waals surface area (Å²) in [7, 11) is -9.50. The van der Waals surface area contributed by atoms with Crippen molar-refractivity contribution in [3.63, 3.8) is 0 Å². The van der Waals surface area contributed by atoms with Gasteiger partial charge in [-0.3, -0.25) is 13.7 Å². The molecule has 222 valence electrons. The predicted octanol–water partition coefficient (Wildman–Crippen LogP) is 2.45. The molecule has 0 amide bonds. The van der Waals surface area contributed by atoms with E-state index in [0.29, 0.717) is 23.3 Å². The predicted molar refractivity (Wildman–Crippen MR) is 143 cm³/mol. The molecular formula is C23H34ClN5O9P2. The van der Waals surface area contributed by atoms with Crippen LogP contribution in [0.4, 0.5) is 5.82 Å². The number of anilines is 1. The number of rotatable bonds is 10.